The molecular formula is C17H24O4. The predicted molar refractivity (Wildman–Crippen MR) is 81.5 cm³/mol. The molecular weight excluding hydrogens is 268 g/mol. The molecule has 0 aromatic heterocycles. The third kappa shape index (κ3) is 5.98. The van der Waals surface area contributed by atoms with Crippen molar-refractivity contribution in [1.82, 2.24) is 0 Å². The van der Waals surface area contributed by atoms with E-state index in [-0.39, 0.29) is 23.0 Å². The molecule has 0 N–H and O–H groups in total. The van der Waals surface area contributed by atoms with Crippen molar-refractivity contribution < 1.29 is 19.1 Å². The van der Waals surface area contributed by atoms with Crippen LogP contribution in [-0.4, -0.2) is 25.2 Å². The Morgan fingerprint density at radius 2 is 1.52 bits per heavy atom. The molecule has 0 unspecified atom stereocenters. The highest BCUT2D eigenvalue weighted by atomic mass is 16.5. The first-order valence-corrected chi connectivity index (χ1v) is 7.33. The molecule has 0 bridgehead atoms. The number of carbonyl (C=O) groups is 2. The van der Waals surface area contributed by atoms with Crippen LogP contribution in [0.2, 0.25) is 0 Å². The Bertz CT molecular complexity index is 467. The summed E-state index contributed by atoms with van der Waals surface area (Å²) in [6.07, 6.45) is 7.53. The molecule has 1 rings (SSSR count). The Morgan fingerprint density at radius 1 is 1.00 bits per heavy atom. The van der Waals surface area contributed by atoms with Crippen LogP contribution >= 0.6 is 0 Å². The SMILES string of the molecule is CC(C)COC(=O)C1=CC=CCC=C1C(=O)OCC(C)C. The van der Waals surface area contributed by atoms with Gasteiger partial charge in [-0.05, 0) is 24.3 Å². The molecule has 0 radical (unpaired) electrons. The number of allylic oxidation sites excluding steroid dienone is 4. The van der Waals surface area contributed by atoms with Crippen LogP contribution in [0.3, 0.4) is 0 Å². The average Bonchev–Trinajstić information content (AvgIpc) is 2.67. The van der Waals surface area contributed by atoms with Gasteiger partial charge in [-0.25, -0.2) is 9.59 Å². The van der Waals surface area contributed by atoms with Gasteiger partial charge in [-0.3, -0.25) is 0 Å². The van der Waals surface area contributed by atoms with Gasteiger partial charge >= 0.3 is 11.9 Å². The summed E-state index contributed by atoms with van der Waals surface area (Å²) in [6.45, 7) is 8.50. The van der Waals surface area contributed by atoms with Gasteiger partial charge in [0.25, 0.3) is 0 Å². The van der Waals surface area contributed by atoms with Gasteiger partial charge in [-0.2, -0.15) is 0 Å². The van der Waals surface area contributed by atoms with Gasteiger partial charge in [0.1, 0.15) is 0 Å². The van der Waals surface area contributed by atoms with Gasteiger partial charge in [0.15, 0.2) is 0 Å². The zero-order valence-corrected chi connectivity index (χ0v) is 13.2. The number of hydrogen-bond acceptors (Lipinski definition) is 4. The largest absolute Gasteiger partial charge is 0.462 e. The Hall–Kier alpha value is -1.84. The minimum absolute atomic E-state index is 0.246. The first kappa shape index (κ1) is 17.2. The fraction of sp³-hybridized carbons (Fsp3) is 0.529. The van der Waals surface area contributed by atoms with Gasteiger partial charge in [0, 0.05) is 0 Å². The van der Waals surface area contributed by atoms with Crippen LogP contribution in [0.4, 0.5) is 0 Å². The smallest absolute Gasteiger partial charge is 0.339 e. The molecule has 0 amide bonds. The van der Waals surface area contributed by atoms with Gasteiger partial charge in [-0.1, -0.05) is 45.9 Å². The highest BCUT2D eigenvalue weighted by Gasteiger charge is 2.23. The third-order valence-corrected chi connectivity index (χ3v) is 2.68. The second-order valence-electron chi connectivity index (χ2n) is 5.85. The zero-order valence-electron chi connectivity index (χ0n) is 13.2. The van der Waals surface area contributed by atoms with E-state index in [1.165, 1.54) is 0 Å². The molecule has 1 aliphatic carbocycles. The molecule has 0 saturated carbocycles. The summed E-state index contributed by atoms with van der Waals surface area (Å²) in [7, 11) is 0. The quantitative estimate of drug-likeness (QED) is 0.705. The van der Waals surface area contributed by atoms with E-state index in [4.69, 9.17) is 9.47 Å². The minimum atomic E-state index is -0.483. The van der Waals surface area contributed by atoms with Crippen molar-refractivity contribution >= 4 is 11.9 Å². The van der Waals surface area contributed by atoms with Crippen molar-refractivity contribution in [2.24, 2.45) is 11.8 Å². The summed E-state index contributed by atoms with van der Waals surface area (Å²) >= 11 is 0. The van der Waals surface area contributed by atoms with Crippen LogP contribution in [0.15, 0.2) is 35.5 Å². The summed E-state index contributed by atoms with van der Waals surface area (Å²) in [5.74, 6) is -0.460. The fourth-order valence-electron chi connectivity index (χ4n) is 1.64. The van der Waals surface area contributed by atoms with Crippen LogP contribution in [0, 0.1) is 11.8 Å². The Morgan fingerprint density at radius 3 is 2.05 bits per heavy atom. The lowest BCUT2D eigenvalue weighted by molar-refractivity contribution is -0.143. The van der Waals surface area contributed by atoms with E-state index in [0.29, 0.717) is 19.6 Å². The van der Waals surface area contributed by atoms with Crippen LogP contribution in [0.25, 0.3) is 0 Å². The van der Waals surface area contributed by atoms with Crippen molar-refractivity contribution in [1.29, 1.82) is 0 Å². The summed E-state index contributed by atoms with van der Waals surface area (Å²) < 4.78 is 10.4. The first-order valence-electron chi connectivity index (χ1n) is 7.33. The zero-order chi connectivity index (χ0) is 15.8. The highest BCUT2D eigenvalue weighted by Crippen LogP contribution is 2.19. The lowest BCUT2D eigenvalue weighted by Crippen LogP contribution is -2.19. The Labute approximate surface area is 126 Å². The summed E-state index contributed by atoms with van der Waals surface area (Å²) in [6, 6.07) is 0. The highest BCUT2D eigenvalue weighted by molar-refractivity contribution is 6.07. The number of carbonyl (C=O) groups excluding carboxylic acids is 2. The maximum Gasteiger partial charge on any atom is 0.339 e. The lowest BCUT2D eigenvalue weighted by Gasteiger charge is -2.13. The summed E-state index contributed by atoms with van der Waals surface area (Å²) in [4.78, 5) is 24.3. The molecule has 116 valence electrons. The Balaban J connectivity index is 2.81. The van der Waals surface area contributed by atoms with Crippen molar-refractivity contribution in [3.8, 4) is 0 Å². The van der Waals surface area contributed by atoms with Crippen molar-refractivity contribution in [3.63, 3.8) is 0 Å². The molecule has 4 nitrogen and oxygen atoms in total. The van der Waals surface area contributed by atoms with E-state index in [9.17, 15) is 9.59 Å². The molecule has 0 heterocycles. The van der Waals surface area contributed by atoms with Crippen LogP contribution < -0.4 is 0 Å². The van der Waals surface area contributed by atoms with E-state index >= 15 is 0 Å². The standard InChI is InChI=1S/C17H24O4/c1-12(2)10-20-16(18)14-8-6-5-7-9-15(14)17(19)21-11-13(3)4/h5-6,8-9,12-13H,7,10-11H2,1-4H3. The molecule has 0 atom stereocenters. The van der Waals surface area contributed by atoms with Crippen LogP contribution in [-0.2, 0) is 19.1 Å². The molecule has 0 aromatic carbocycles. The predicted octanol–water partition coefficient (Wildman–Crippen LogP) is 3.20. The second-order valence-corrected chi connectivity index (χ2v) is 5.85. The molecule has 1 aliphatic rings. The maximum absolute atomic E-state index is 12.1. The lowest BCUT2D eigenvalue weighted by atomic mass is 10.1. The van der Waals surface area contributed by atoms with Gasteiger partial charge in [0.05, 0.1) is 24.4 Å². The topological polar surface area (TPSA) is 52.6 Å². The molecule has 4 heteroatoms. The second kappa shape index (κ2) is 8.45. The number of esters is 2. The van der Waals surface area contributed by atoms with Gasteiger partial charge in [-0.15, -0.1) is 0 Å². The molecule has 21 heavy (non-hydrogen) atoms. The number of rotatable bonds is 6. The monoisotopic (exact) mass is 292 g/mol. The van der Waals surface area contributed by atoms with Gasteiger partial charge < -0.3 is 9.47 Å². The third-order valence-electron chi connectivity index (χ3n) is 2.68. The van der Waals surface area contributed by atoms with Crippen molar-refractivity contribution in [2.45, 2.75) is 34.1 Å². The van der Waals surface area contributed by atoms with Crippen molar-refractivity contribution in [3.05, 3.63) is 35.5 Å². The summed E-state index contributed by atoms with van der Waals surface area (Å²) in [5, 5.41) is 0. The fourth-order valence-corrected chi connectivity index (χ4v) is 1.64. The first-order chi connectivity index (χ1) is 9.91. The number of hydrogen-bond donors (Lipinski definition) is 0. The maximum atomic E-state index is 12.1. The normalized spacial score (nSPS) is 14.6. The molecule has 0 fully saturated rings. The van der Waals surface area contributed by atoms with Gasteiger partial charge in [0.2, 0.25) is 0 Å². The van der Waals surface area contributed by atoms with Crippen molar-refractivity contribution in [2.75, 3.05) is 13.2 Å². The van der Waals surface area contributed by atoms with Crippen LogP contribution in [0.5, 0.6) is 0 Å². The van der Waals surface area contributed by atoms with E-state index < -0.39 is 11.9 Å². The minimum Gasteiger partial charge on any atom is -0.462 e. The van der Waals surface area contributed by atoms with E-state index in [1.807, 2.05) is 33.8 Å². The molecule has 0 saturated heterocycles. The van der Waals surface area contributed by atoms with Crippen LogP contribution in [0.1, 0.15) is 34.1 Å². The number of ether oxygens (including phenoxy) is 2. The van der Waals surface area contributed by atoms with E-state index in [0.717, 1.165) is 0 Å². The average molecular weight is 292 g/mol. The summed E-state index contributed by atoms with van der Waals surface area (Å²) in [5.41, 5.74) is 0.549. The molecule has 0 aliphatic heterocycles. The molecule has 0 aromatic rings. The molecule has 0 spiro atoms. The van der Waals surface area contributed by atoms with E-state index in [2.05, 4.69) is 0 Å². The van der Waals surface area contributed by atoms with E-state index in [1.54, 1.807) is 18.2 Å². The Kier molecular flexibility index (Phi) is 6.92.